The largest absolute Gasteiger partial charge is 0.508 e. The fourth-order valence-electron chi connectivity index (χ4n) is 3.01. The van der Waals surface area contributed by atoms with Gasteiger partial charge >= 0.3 is 6.15 Å². The molecule has 0 bridgehead atoms. The van der Waals surface area contributed by atoms with E-state index >= 15 is 0 Å². The van der Waals surface area contributed by atoms with Crippen LogP contribution in [0.3, 0.4) is 0 Å². The Balaban J connectivity index is 0.000000913. The van der Waals surface area contributed by atoms with Crippen LogP contribution in [0.2, 0.25) is 0 Å². The molecule has 0 amide bonds. The van der Waals surface area contributed by atoms with E-state index in [0.717, 1.165) is 15.6 Å². The number of thiophene rings is 1. The van der Waals surface area contributed by atoms with Gasteiger partial charge in [0.05, 0.1) is 0 Å². The van der Waals surface area contributed by atoms with Crippen LogP contribution in [0.15, 0.2) is 72.8 Å². The number of phenols is 2. The van der Waals surface area contributed by atoms with Crippen LogP contribution in [0, 0.1) is 0 Å². The number of ether oxygens (including phenoxy) is 1. The lowest BCUT2D eigenvalue weighted by Crippen LogP contribution is -2.00. The number of ketones is 1. The number of hydrogen-bond donors (Lipinski definition) is 2. The van der Waals surface area contributed by atoms with E-state index in [0.29, 0.717) is 21.9 Å². The highest BCUT2D eigenvalue weighted by atomic mass is 32.1. The van der Waals surface area contributed by atoms with E-state index in [-0.39, 0.29) is 23.4 Å². The average Bonchev–Trinajstić information content (AvgIpc) is 3.13. The second kappa shape index (κ2) is 10.2. The van der Waals surface area contributed by atoms with Crippen LogP contribution in [-0.4, -0.2) is 22.1 Å². The van der Waals surface area contributed by atoms with Crippen molar-refractivity contribution in [3.05, 3.63) is 88.8 Å². The highest BCUT2D eigenvalue weighted by Gasteiger charge is 2.22. The van der Waals surface area contributed by atoms with Crippen LogP contribution >= 0.6 is 11.3 Å². The maximum atomic E-state index is 13.1. The number of hydrogen-bond acceptors (Lipinski definition) is 7. The Bertz CT molecular complexity index is 1300. The first kappa shape index (κ1) is 22.5. The van der Waals surface area contributed by atoms with Crippen molar-refractivity contribution in [2.45, 2.75) is 6.92 Å². The molecule has 160 valence electrons. The van der Waals surface area contributed by atoms with E-state index in [1.165, 1.54) is 23.5 Å². The van der Waals surface area contributed by atoms with Gasteiger partial charge in [-0.3, -0.25) is 4.79 Å². The number of carbonyl (C=O) groups excluding carboxylic acids is 3. The van der Waals surface area contributed by atoms with Crippen molar-refractivity contribution in [3.63, 3.8) is 0 Å². The lowest BCUT2D eigenvalue weighted by atomic mass is 10.1. The number of benzene rings is 3. The monoisotopic (exact) mass is 446 g/mol. The summed E-state index contributed by atoms with van der Waals surface area (Å²) in [4.78, 5) is 29.8. The summed E-state index contributed by atoms with van der Waals surface area (Å²) in [6, 6.07) is 18.7. The lowest BCUT2D eigenvalue weighted by molar-refractivity contribution is -0.191. The fourth-order valence-corrected chi connectivity index (χ4v) is 4.14. The summed E-state index contributed by atoms with van der Waals surface area (Å²) in [5.41, 5.74) is 1.51. The molecule has 0 saturated heterocycles. The van der Waals surface area contributed by atoms with Crippen molar-refractivity contribution < 1.29 is 29.3 Å². The summed E-state index contributed by atoms with van der Waals surface area (Å²) in [5.74, 6) is 1.10. The predicted molar refractivity (Wildman–Crippen MR) is 121 cm³/mol. The molecule has 0 fully saturated rings. The van der Waals surface area contributed by atoms with Gasteiger partial charge in [0, 0.05) is 15.6 Å². The molecular formula is C25H18O6S. The minimum absolute atomic E-state index is 0.0977. The van der Waals surface area contributed by atoms with Gasteiger partial charge in [0.15, 0.2) is 5.75 Å². The molecule has 0 spiro atoms. The molecule has 6 nitrogen and oxygen atoms in total. The molecule has 0 aliphatic heterocycles. The number of fused-ring (bicyclic) bond motifs is 1. The van der Waals surface area contributed by atoms with Crippen molar-refractivity contribution in [2.75, 3.05) is 0 Å². The third-order valence-electron chi connectivity index (χ3n) is 4.42. The van der Waals surface area contributed by atoms with Gasteiger partial charge in [0.2, 0.25) is 5.78 Å². The average molecular weight is 446 g/mol. The normalized spacial score (nSPS) is 10.4. The lowest BCUT2D eigenvalue weighted by Gasteiger charge is -2.08. The van der Waals surface area contributed by atoms with Gasteiger partial charge in [0.1, 0.15) is 22.1 Å². The Hall–Kier alpha value is -4.19. The zero-order chi connectivity index (χ0) is 23.1. The molecule has 0 aliphatic rings. The Kier molecular flexibility index (Phi) is 7.18. The first-order valence-corrected chi connectivity index (χ1v) is 10.3. The van der Waals surface area contributed by atoms with Crippen LogP contribution < -0.4 is 4.74 Å². The van der Waals surface area contributed by atoms with Crippen molar-refractivity contribution in [3.8, 4) is 23.0 Å². The summed E-state index contributed by atoms with van der Waals surface area (Å²) >= 11 is 1.27. The summed E-state index contributed by atoms with van der Waals surface area (Å²) < 4.78 is 6.89. The Morgan fingerprint density at radius 1 is 0.938 bits per heavy atom. The van der Waals surface area contributed by atoms with E-state index in [1.54, 1.807) is 30.3 Å². The third-order valence-corrected chi connectivity index (χ3v) is 5.56. The molecule has 0 radical (unpaired) electrons. The van der Waals surface area contributed by atoms with E-state index < -0.39 is 0 Å². The van der Waals surface area contributed by atoms with Crippen molar-refractivity contribution in [2.24, 2.45) is 0 Å². The summed E-state index contributed by atoms with van der Waals surface area (Å²) in [6.07, 6.45) is 4.20. The highest BCUT2D eigenvalue weighted by molar-refractivity contribution is 7.21. The molecule has 0 atom stereocenters. The summed E-state index contributed by atoms with van der Waals surface area (Å²) in [5, 5.41) is 20.1. The SMILES string of the molecule is C/C=C/c1ccc(Oc2c(C(=O)c3ccc(O)cc3)sc3cc(O)ccc23)cc1.O=C=O. The minimum Gasteiger partial charge on any atom is -0.508 e. The molecule has 4 rings (SSSR count). The Morgan fingerprint density at radius 2 is 1.56 bits per heavy atom. The van der Waals surface area contributed by atoms with Crippen LogP contribution in [0.4, 0.5) is 0 Å². The van der Waals surface area contributed by atoms with Crippen LogP contribution in [0.1, 0.15) is 27.7 Å². The van der Waals surface area contributed by atoms with Gasteiger partial charge in [0.25, 0.3) is 0 Å². The molecule has 32 heavy (non-hydrogen) atoms. The van der Waals surface area contributed by atoms with E-state index in [1.807, 2.05) is 43.3 Å². The highest BCUT2D eigenvalue weighted by Crippen LogP contribution is 2.42. The zero-order valence-corrected chi connectivity index (χ0v) is 17.8. The molecule has 3 aromatic carbocycles. The molecule has 7 heteroatoms. The Labute approximate surface area is 187 Å². The standard InChI is InChI=1S/C24H18O4S.CO2/c1-2-3-15-4-11-19(12-5-15)28-23-20-13-10-18(26)14-21(20)29-24(23)22(27)16-6-8-17(25)9-7-16;2-1-3/h2-14,25-26H,1H3;/b3-2+;. The topological polar surface area (TPSA) is 101 Å². The maximum absolute atomic E-state index is 13.1. The van der Waals surface area contributed by atoms with Crippen molar-refractivity contribution in [1.82, 2.24) is 0 Å². The second-order valence-electron chi connectivity index (χ2n) is 6.57. The molecule has 0 aliphatic carbocycles. The number of aromatic hydroxyl groups is 2. The van der Waals surface area contributed by atoms with Crippen LogP contribution in [0.5, 0.6) is 23.0 Å². The molecule has 1 heterocycles. The number of allylic oxidation sites excluding steroid dienone is 1. The summed E-state index contributed by atoms with van der Waals surface area (Å²) in [6.45, 7) is 1.96. The first-order valence-electron chi connectivity index (χ1n) is 9.46. The molecular weight excluding hydrogens is 428 g/mol. The van der Waals surface area contributed by atoms with Gasteiger partial charge in [-0.15, -0.1) is 11.3 Å². The van der Waals surface area contributed by atoms with Gasteiger partial charge < -0.3 is 14.9 Å². The minimum atomic E-state index is -0.203. The van der Waals surface area contributed by atoms with E-state index in [2.05, 4.69) is 0 Å². The third kappa shape index (κ3) is 5.10. The quantitative estimate of drug-likeness (QED) is 0.377. The van der Waals surface area contributed by atoms with E-state index in [9.17, 15) is 15.0 Å². The zero-order valence-electron chi connectivity index (χ0n) is 16.9. The fraction of sp³-hybridized carbons (Fsp3) is 0.0400. The van der Waals surface area contributed by atoms with Crippen molar-refractivity contribution >= 4 is 39.4 Å². The van der Waals surface area contributed by atoms with Crippen LogP contribution in [-0.2, 0) is 9.59 Å². The molecule has 2 N–H and O–H groups in total. The number of phenolic OH excluding ortho intramolecular Hbond substituents is 2. The van der Waals surface area contributed by atoms with Gasteiger partial charge in [-0.2, -0.15) is 9.59 Å². The number of carbonyl (C=O) groups is 1. The smallest absolute Gasteiger partial charge is 0.373 e. The van der Waals surface area contributed by atoms with Crippen LogP contribution in [0.25, 0.3) is 16.2 Å². The Morgan fingerprint density at radius 3 is 2.19 bits per heavy atom. The predicted octanol–water partition coefficient (Wildman–Crippen LogP) is 5.79. The number of rotatable bonds is 5. The summed E-state index contributed by atoms with van der Waals surface area (Å²) in [7, 11) is 0. The molecule has 4 aromatic rings. The van der Waals surface area contributed by atoms with E-state index in [4.69, 9.17) is 14.3 Å². The second-order valence-corrected chi connectivity index (χ2v) is 7.62. The van der Waals surface area contributed by atoms with Gasteiger partial charge in [-0.25, -0.2) is 0 Å². The molecule has 1 aromatic heterocycles. The van der Waals surface area contributed by atoms with Crippen molar-refractivity contribution in [1.29, 1.82) is 0 Å². The maximum Gasteiger partial charge on any atom is 0.373 e. The molecule has 0 unspecified atom stereocenters. The molecule has 0 saturated carbocycles. The van der Waals surface area contributed by atoms with Gasteiger partial charge in [-0.1, -0.05) is 24.3 Å². The first-order chi connectivity index (χ1) is 15.5. The van der Waals surface area contributed by atoms with Gasteiger partial charge in [-0.05, 0) is 67.1 Å².